The van der Waals surface area contributed by atoms with E-state index in [0.29, 0.717) is 11.4 Å². The molecule has 0 radical (unpaired) electrons. The van der Waals surface area contributed by atoms with Gasteiger partial charge in [0.05, 0.1) is 23.6 Å². The van der Waals surface area contributed by atoms with E-state index in [9.17, 15) is 4.79 Å². The third-order valence-corrected chi connectivity index (χ3v) is 3.85. The van der Waals surface area contributed by atoms with Crippen LogP contribution in [0.3, 0.4) is 0 Å². The fourth-order valence-corrected chi connectivity index (χ4v) is 2.89. The fraction of sp³-hybridized carbons (Fsp3) is 0.833. The third-order valence-electron chi connectivity index (χ3n) is 3.58. The van der Waals surface area contributed by atoms with Gasteiger partial charge in [-0.2, -0.15) is 0 Å². The number of hydrogen-bond donors (Lipinski definition) is 1. The molecular weight excluding hydrogens is 236 g/mol. The molecule has 96 valence electrons. The van der Waals surface area contributed by atoms with Gasteiger partial charge in [-0.1, -0.05) is 12.2 Å². The molecule has 0 aromatic heterocycles. The molecule has 0 aromatic carbocycles. The second-order valence-corrected chi connectivity index (χ2v) is 5.31. The van der Waals surface area contributed by atoms with E-state index in [1.54, 1.807) is 0 Å². The van der Waals surface area contributed by atoms with Crippen LogP contribution in [0.4, 0.5) is 0 Å². The molecule has 2 atom stereocenters. The van der Waals surface area contributed by atoms with Gasteiger partial charge in [-0.05, 0) is 32.1 Å². The molecule has 17 heavy (non-hydrogen) atoms. The summed E-state index contributed by atoms with van der Waals surface area (Å²) in [4.78, 5) is 14.4. The molecule has 5 heteroatoms. The lowest BCUT2D eigenvalue weighted by Crippen LogP contribution is -2.44. The summed E-state index contributed by atoms with van der Waals surface area (Å²) in [6, 6.07) is -0.0268. The highest BCUT2D eigenvalue weighted by Crippen LogP contribution is 2.22. The second-order valence-electron chi connectivity index (χ2n) is 4.84. The van der Waals surface area contributed by atoms with E-state index >= 15 is 0 Å². The van der Waals surface area contributed by atoms with Crippen LogP contribution in [0, 0.1) is 0 Å². The fourth-order valence-electron chi connectivity index (χ4n) is 2.64. The average Bonchev–Trinajstić information content (AvgIpc) is 2.79. The van der Waals surface area contributed by atoms with Crippen LogP contribution in [0.15, 0.2) is 0 Å². The van der Waals surface area contributed by atoms with E-state index in [1.165, 1.54) is 0 Å². The summed E-state index contributed by atoms with van der Waals surface area (Å²) in [7, 11) is 0. The Bertz CT molecular complexity index is 303. The summed E-state index contributed by atoms with van der Waals surface area (Å²) in [5.74, 6) is 0.146. The number of rotatable bonds is 3. The number of ether oxygens (including phenoxy) is 1. The van der Waals surface area contributed by atoms with Crippen molar-refractivity contribution >= 4 is 23.1 Å². The van der Waals surface area contributed by atoms with Gasteiger partial charge in [-0.15, -0.1) is 0 Å². The Kier molecular flexibility index (Phi) is 4.34. The monoisotopic (exact) mass is 256 g/mol. The van der Waals surface area contributed by atoms with Crippen molar-refractivity contribution in [2.24, 2.45) is 5.73 Å². The summed E-state index contributed by atoms with van der Waals surface area (Å²) in [6.07, 6.45) is 5.77. The van der Waals surface area contributed by atoms with E-state index in [2.05, 4.69) is 0 Å². The number of thiocarbonyl (C=S) groups is 1. The Morgan fingerprint density at radius 2 is 2.18 bits per heavy atom. The van der Waals surface area contributed by atoms with Crippen LogP contribution in [0.5, 0.6) is 0 Å². The quantitative estimate of drug-likeness (QED) is 0.772. The summed E-state index contributed by atoms with van der Waals surface area (Å²) < 4.78 is 5.59. The summed E-state index contributed by atoms with van der Waals surface area (Å²) in [5, 5.41) is 0. The maximum Gasteiger partial charge on any atom is 0.225 e. The van der Waals surface area contributed by atoms with E-state index in [-0.39, 0.29) is 18.1 Å². The topological polar surface area (TPSA) is 55.6 Å². The van der Waals surface area contributed by atoms with Gasteiger partial charge in [0.1, 0.15) is 0 Å². The van der Waals surface area contributed by atoms with Crippen molar-refractivity contribution in [3.05, 3.63) is 0 Å². The molecule has 4 nitrogen and oxygen atoms in total. The SMILES string of the molecule is NC(=S)C1CCCN1C(=O)CC1CCCCO1. The highest BCUT2D eigenvalue weighted by molar-refractivity contribution is 7.80. The van der Waals surface area contributed by atoms with Crippen LogP contribution in [-0.2, 0) is 9.53 Å². The first kappa shape index (κ1) is 12.8. The van der Waals surface area contributed by atoms with Crippen molar-refractivity contribution in [2.45, 2.75) is 50.7 Å². The van der Waals surface area contributed by atoms with Crippen molar-refractivity contribution in [2.75, 3.05) is 13.2 Å². The molecule has 2 rings (SSSR count). The van der Waals surface area contributed by atoms with E-state index in [1.807, 2.05) is 4.90 Å². The van der Waals surface area contributed by atoms with Crippen LogP contribution in [0.25, 0.3) is 0 Å². The lowest BCUT2D eigenvalue weighted by atomic mass is 10.1. The van der Waals surface area contributed by atoms with Crippen molar-refractivity contribution in [3.63, 3.8) is 0 Å². The minimum atomic E-state index is -0.0268. The normalized spacial score (nSPS) is 29.3. The zero-order valence-corrected chi connectivity index (χ0v) is 10.9. The number of carbonyl (C=O) groups is 1. The van der Waals surface area contributed by atoms with Crippen molar-refractivity contribution < 1.29 is 9.53 Å². The number of nitrogens with zero attached hydrogens (tertiary/aromatic N) is 1. The van der Waals surface area contributed by atoms with Crippen molar-refractivity contribution in [1.29, 1.82) is 0 Å². The van der Waals surface area contributed by atoms with Gasteiger partial charge in [0.2, 0.25) is 5.91 Å². The van der Waals surface area contributed by atoms with Gasteiger partial charge in [0, 0.05) is 13.2 Å². The number of likely N-dealkylation sites (tertiary alicyclic amines) is 1. The third kappa shape index (κ3) is 3.16. The molecule has 2 fully saturated rings. The highest BCUT2D eigenvalue weighted by Gasteiger charge is 2.32. The largest absolute Gasteiger partial charge is 0.392 e. The molecule has 2 N–H and O–H groups in total. The van der Waals surface area contributed by atoms with Crippen LogP contribution in [0.2, 0.25) is 0 Å². The minimum Gasteiger partial charge on any atom is -0.392 e. The molecule has 0 saturated carbocycles. The lowest BCUT2D eigenvalue weighted by molar-refractivity contribution is -0.134. The van der Waals surface area contributed by atoms with Gasteiger partial charge < -0.3 is 15.4 Å². The van der Waals surface area contributed by atoms with Gasteiger partial charge in [-0.25, -0.2) is 0 Å². The smallest absolute Gasteiger partial charge is 0.225 e. The predicted octanol–water partition coefficient (Wildman–Crippen LogP) is 1.22. The van der Waals surface area contributed by atoms with Gasteiger partial charge in [0.25, 0.3) is 0 Å². The van der Waals surface area contributed by atoms with E-state index in [0.717, 1.165) is 45.3 Å². The maximum atomic E-state index is 12.2. The van der Waals surface area contributed by atoms with Gasteiger partial charge in [-0.3, -0.25) is 4.79 Å². The van der Waals surface area contributed by atoms with Crippen LogP contribution in [0.1, 0.15) is 38.5 Å². The molecule has 2 heterocycles. The number of amides is 1. The molecule has 2 aliphatic heterocycles. The molecule has 0 aliphatic carbocycles. The number of hydrogen-bond acceptors (Lipinski definition) is 3. The Balaban J connectivity index is 1.88. The van der Waals surface area contributed by atoms with Gasteiger partial charge >= 0.3 is 0 Å². The average molecular weight is 256 g/mol. The van der Waals surface area contributed by atoms with Crippen molar-refractivity contribution in [1.82, 2.24) is 4.90 Å². The molecule has 2 unspecified atom stereocenters. The second kappa shape index (κ2) is 5.78. The molecule has 2 aliphatic rings. The Hall–Kier alpha value is -0.680. The minimum absolute atomic E-state index is 0.0268. The molecule has 0 bridgehead atoms. The summed E-state index contributed by atoms with van der Waals surface area (Å²) in [6.45, 7) is 1.57. The summed E-state index contributed by atoms with van der Waals surface area (Å²) in [5.41, 5.74) is 5.67. The molecule has 0 spiro atoms. The Labute approximate surface area is 107 Å². The first-order chi connectivity index (χ1) is 8.18. The predicted molar refractivity (Wildman–Crippen MR) is 69.7 cm³/mol. The van der Waals surface area contributed by atoms with Crippen LogP contribution >= 0.6 is 12.2 Å². The Morgan fingerprint density at radius 1 is 1.35 bits per heavy atom. The zero-order chi connectivity index (χ0) is 12.3. The molecular formula is C12H20N2O2S. The number of carbonyl (C=O) groups excluding carboxylic acids is 1. The number of nitrogens with two attached hydrogens (primary N) is 1. The van der Waals surface area contributed by atoms with Crippen LogP contribution in [-0.4, -0.2) is 41.1 Å². The van der Waals surface area contributed by atoms with Gasteiger partial charge in [0.15, 0.2) is 0 Å². The molecule has 2 saturated heterocycles. The lowest BCUT2D eigenvalue weighted by Gasteiger charge is -2.27. The maximum absolute atomic E-state index is 12.2. The van der Waals surface area contributed by atoms with E-state index in [4.69, 9.17) is 22.7 Å². The first-order valence-electron chi connectivity index (χ1n) is 6.39. The first-order valence-corrected chi connectivity index (χ1v) is 6.79. The highest BCUT2D eigenvalue weighted by atomic mass is 32.1. The Morgan fingerprint density at radius 3 is 2.82 bits per heavy atom. The van der Waals surface area contributed by atoms with Crippen molar-refractivity contribution in [3.8, 4) is 0 Å². The van der Waals surface area contributed by atoms with Crippen LogP contribution < -0.4 is 5.73 Å². The standard InChI is InChI=1S/C12H20N2O2S/c13-12(17)10-5-3-6-14(10)11(15)8-9-4-1-2-7-16-9/h9-10H,1-8H2,(H2,13,17). The molecule has 1 amide bonds. The zero-order valence-electron chi connectivity index (χ0n) is 10.1. The van der Waals surface area contributed by atoms with E-state index < -0.39 is 0 Å². The summed E-state index contributed by atoms with van der Waals surface area (Å²) >= 11 is 5.01. The molecule has 0 aromatic rings.